The minimum absolute atomic E-state index is 0.0437. The van der Waals surface area contributed by atoms with Gasteiger partial charge in [-0.05, 0) is 23.8 Å². The summed E-state index contributed by atoms with van der Waals surface area (Å²) in [5.41, 5.74) is 0.689. The molecule has 2 rings (SSSR count). The van der Waals surface area contributed by atoms with Crippen LogP contribution in [0.4, 0.5) is 4.39 Å². The third kappa shape index (κ3) is 4.52. The first-order valence-electron chi connectivity index (χ1n) is 6.85. The number of aliphatic hydroxyl groups is 1. The summed E-state index contributed by atoms with van der Waals surface area (Å²) < 4.78 is 13.0. The summed E-state index contributed by atoms with van der Waals surface area (Å²) in [6.07, 6.45) is 3.11. The topological polar surface area (TPSA) is 43.8 Å². The monoisotopic (exact) mass is 312 g/mol. The number of hydrogen-bond donors (Lipinski definition) is 1. The molecule has 1 aromatic carbocycles. The Morgan fingerprint density at radius 3 is 2.67 bits per heavy atom. The van der Waals surface area contributed by atoms with Crippen LogP contribution in [0.25, 0.3) is 6.08 Å². The number of aliphatic hydroxyl groups excluding tert-OH is 1. The lowest BCUT2D eigenvalue weighted by Gasteiger charge is -2.33. The molecule has 0 bridgehead atoms. The van der Waals surface area contributed by atoms with Gasteiger partial charge in [0, 0.05) is 38.8 Å². The predicted molar refractivity (Wildman–Crippen MR) is 80.5 cm³/mol. The average molecular weight is 313 g/mol. The molecule has 1 aliphatic heterocycles. The fourth-order valence-electron chi connectivity index (χ4n) is 2.22. The summed E-state index contributed by atoms with van der Waals surface area (Å²) >= 11 is 5.69. The predicted octanol–water partition coefficient (Wildman–Crippen LogP) is 1.63. The van der Waals surface area contributed by atoms with Gasteiger partial charge in [-0.2, -0.15) is 0 Å². The first kappa shape index (κ1) is 15.9. The smallest absolute Gasteiger partial charge is 0.246 e. The van der Waals surface area contributed by atoms with E-state index in [1.165, 1.54) is 18.2 Å². The van der Waals surface area contributed by atoms with Crippen molar-refractivity contribution in [2.75, 3.05) is 39.3 Å². The third-order valence-corrected chi connectivity index (χ3v) is 3.75. The molecule has 0 saturated carbocycles. The van der Waals surface area contributed by atoms with Crippen molar-refractivity contribution in [2.45, 2.75) is 0 Å². The number of piperazine rings is 1. The summed E-state index contributed by atoms with van der Waals surface area (Å²) in [5, 5.41) is 8.92. The molecule has 0 aliphatic carbocycles. The molecular weight excluding hydrogens is 295 g/mol. The van der Waals surface area contributed by atoms with E-state index < -0.39 is 5.82 Å². The second-order valence-electron chi connectivity index (χ2n) is 4.90. The number of nitrogens with zero attached hydrogens (tertiary/aromatic N) is 2. The van der Waals surface area contributed by atoms with Crippen LogP contribution in [-0.4, -0.2) is 60.1 Å². The third-order valence-electron chi connectivity index (χ3n) is 3.46. The highest BCUT2D eigenvalue weighted by atomic mass is 35.5. The molecule has 1 aromatic rings. The molecule has 21 heavy (non-hydrogen) atoms. The van der Waals surface area contributed by atoms with E-state index in [1.807, 2.05) is 0 Å². The maximum Gasteiger partial charge on any atom is 0.246 e. The number of amides is 1. The van der Waals surface area contributed by atoms with Gasteiger partial charge in [-0.3, -0.25) is 9.69 Å². The number of carbonyl (C=O) groups is 1. The number of β-amino-alcohol motifs (C(OH)–C–C–N with tert-alkyl or cyclic N) is 1. The molecular formula is C15H18ClFN2O2. The van der Waals surface area contributed by atoms with Crippen LogP contribution in [0.15, 0.2) is 24.3 Å². The number of rotatable bonds is 4. The summed E-state index contributed by atoms with van der Waals surface area (Å²) in [6, 6.07) is 4.34. The summed E-state index contributed by atoms with van der Waals surface area (Å²) in [6.45, 7) is 3.61. The molecule has 0 spiro atoms. The van der Waals surface area contributed by atoms with Crippen molar-refractivity contribution < 1.29 is 14.3 Å². The van der Waals surface area contributed by atoms with E-state index in [9.17, 15) is 9.18 Å². The molecule has 1 fully saturated rings. The summed E-state index contributed by atoms with van der Waals surface area (Å²) in [4.78, 5) is 15.9. The van der Waals surface area contributed by atoms with E-state index in [-0.39, 0.29) is 17.5 Å². The van der Waals surface area contributed by atoms with Crippen LogP contribution in [0.5, 0.6) is 0 Å². The van der Waals surface area contributed by atoms with Crippen LogP contribution < -0.4 is 0 Å². The Morgan fingerprint density at radius 2 is 2.05 bits per heavy atom. The van der Waals surface area contributed by atoms with Gasteiger partial charge in [0.05, 0.1) is 11.6 Å². The molecule has 1 saturated heterocycles. The molecule has 6 heteroatoms. The minimum atomic E-state index is -0.472. The Labute approximate surface area is 128 Å². The maximum atomic E-state index is 13.0. The van der Waals surface area contributed by atoms with Gasteiger partial charge in [-0.15, -0.1) is 0 Å². The van der Waals surface area contributed by atoms with Crippen molar-refractivity contribution in [3.63, 3.8) is 0 Å². The van der Waals surface area contributed by atoms with Gasteiger partial charge in [-0.1, -0.05) is 17.7 Å². The van der Waals surface area contributed by atoms with Crippen LogP contribution in [-0.2, 0) is 4.79 Å². The maximum absolute atomic E-state index is 13.0. The van der Waals surface area contributed by atoms with Crippen LogP contribution in [0, 0.1) is 5.82 Å². The Bertz CT molecular complexity index is 528. The van der Waals surface area contributed by atoms with Gasteiger partial charge in [-0.25, -0.2) is 4.39 Å². The largest absolute Gasteiger partial charge is 0.395 e. The summed E-state index contributed by atoms with van der Waals surface area (Å²) in [5.74, 6) is -0.542. The average Bonchev–Trinajstić information content (AvgIpc) is 2.49. The minimum Gasteiger partial charge on any atom is -0.395 e. The highest BCUT2D eigenvalue weighted by Gasteiger charge is 2.18. The van der Waals surface area contributed by atoms with Gasteiger partial charge >= 0.3 is 0 Å². The second-order valence-corrected chi connectivity index (χ2v) is 5.30. The van der Waals surface area contributed by atoms with Crippen molar-refractivity contribution in [1.29, 1.82) is 0 Å². The lowest BCUT2D eigenvalue weighted by Crippen LogP contribution is -2.48. The van der Waals surface area contributed by atoms with Gasteiger partial charge in [0.1, 0.15) is 5.82 Å². The second kappa shape index (κ2) is 7.54. The van der Waals surface area contributed by atoms with E-state index >= 15 is 0 Å². The molecule has 0 aromatic heterocycles. The first-order valence-corrected chi connectivity index (χ1v) is 7.23. The standard InChI is InChI=1S/C15H18ClFN2O2/c16-13-11-12(1-3-14(13)17)2-4-15(21)19-7-5-18(6-8-19)9-10-20/h1-4,11,20H,5-10H2/b4-2+. The lowest BCUT2D eigenvalue weighted by atomic mass is 10.2. The van der Waals surface area contributed by atoms with Crippen molar-refractivity contribution >= 4 is 23.6 Å². The first-order chi connectivity index (χ1) is 10.1. The van der Waals surface area contributed by atoms with Gasteiger partial charge in [0.2, 0.25) is 5.91 Å². The Kier molecular flexibility index (Phi) is 5.73. The number of carbonyl (C=O) groups excluding carboxylic acids is 1. The van der Waals surface area contributed by atoms with Gasteiger partial charge in [0.25, 0.3) is 0 Å². The molecule has 0 radical (unpaired) electrons. The van der Waals surface area contributed by atoms with E-state index in [2.05, 4.69) is 4.90 Å². The normalized spacial score (nSPS) is 16.6. The van der Waals surface area contributed by atoms with E-state index in [1.54, 1.807) is 17.0 Å². The molecule has 1 aliphatic rings. The molecule has 1 heterocycles. The Hall–Kier alpha value is -1.43. The molecule has 4 nitrogen and oxygen atoms in total. The molecule has 0 atom stereocenters. The molecule has 1 amide bonds. The van der Waals surface area contributed by atoms with E-state index in [0.717, 1.165) is 13.1 Å². The summed E-state index contributed by atoms with van der Waals surface area (Å²) in [7, 11) is 0. The zero-order valence-corrected chi connectivity index (χ0v) is 12.4. The van der Waals surface area contributed by atoms with Crippen LogP contribution in [0.2, 0.25) is 5.02 Å². The number of halogens is 2. The SMILES string of the molecule is O=C(/C=C/c1ccc(F)c(Cl)c1)N1CCN(CCO)CC1. The van der Waals surface area contributed by atoms with Crippen LogP contribution >= 0.6 is 11.6 Å². The fraction of sp³-hybridized carbons (Fsp3) is 0.400. The van der Waals surface area contributed by atoms with Crippen molar-refractivity contribution in [2.24, 2.45) is 0 Å². The van der Waals surface area contributed by atoms with E-state index in [0.29, 0.717) is 25.2 Å². The van der Waals surface area contributed by atoms with Crippen LogP contribution in [0.1, 0.15) is 5.56 Å². The highest BCUT2D eigenvalue weighted by Crippen LogP contribution is 2.17. The Balaban J connectivity index is 1.89. The van der Waals surface area contributed by atoms with Crippen molar-refractivity contribution in [3.8, 4) is 0 Å². The molecule has 114 valence electrons. The molecule has 0 unspecified atom stereocenters. The quantitative estimate of drug-likeness (QED) is 0.859. The van der Waals surface area contributed by atoms with Gasteiger partial charge < -0.3 is 10.0 Å². The number of benzene rings is 1. The fourth-order valence-corrected chi connectivity index (χ4v) is 2.41. The Morgan fingerprint density at radius 1 is 1.33 bits per heavy atom. The number of hydrogen-bond acceptors (Lipinski definition) is 3. The van der Waals surface area contributed by atoms with Crippen molar-refractivity contribution in [1.82, 2.24) is 9.80 Å². The zero-order chi connectivity index (χ0) is 15.2. The van der Waals surface area contributed by atoms with Gasteiger partial charge in [0.15, 0.2) is 0 Å². The van der Waals surface area contributed by atoms with Crippen LogP contribution in [0.3, 0.4) is 0 Å². The zero-order valence-electron chi connectivity index (χ0n) is 11.6. The molecule has 1 N–H and O–H groups in total. The van der Waals surface area contributed by atoms with Crippen molar-refractivity contribution in [3.05, 3.63) is 40.7 Å². The lowest BCUT2D eigenvalue weighted by molar-refractivity contribution is -0.127. The van der Waals surface area contributed by atoms with E-state index in [4.69, 9.17) is 16.7 Å². The highest BCUT2D eigenvalue weighted by molar-refractivity contribution is 6.30.